The summed E-state index contributed by atoms with van der Waals surface area (Å²) in [5, 5.41) is 10.5. The van der Waals surface area contributed by atoms with E-state index in [9.17, 15) is 5.26 Å². The van der Waals surface area contributed by atoms with Crippen molar-refractivity contribution < 1.29 is 0 Å². The molecule has 0 aliphatic heterocycles. The third-order valence-corrected chi connectivity index (χ3v) is 4.30. The maximum Gasteiger partial charge on any atom is 0.149 e. The molecule has 0 radical (unpaired) electrons. The minimum Gasteiger partial charge on any atom is -0.337 e. The van der Waals surface area contributed by atoms with Crippen LogP contribution in [-0.4, -0.2) is 9.97 Å². The molecular weight excluding hydrogens is 329 g/mol. The van der Waals surface area contributed by atoms with Gasteiger partial charge in [-0.25, -0.2) is 4.98 Å². The van der Waals surface area contributed by atoms with Crippen molar-refractivity contribution in [1.82, 2.24) is 9.97 Å². The number of aromatic nitrogens is 2. The fourth-order valence-corrected chi connectivity index (χ4v) is 2.79. The van der Waals surface area contributed by atoms with E-state index in [1.165, 1.54) is 11.1 Å². The lowest BCUT2D eigenvalue weighted by atomic mass is 10.1. The van der Waals surface area contributed by atoms with Gasteiger partial charge in [0.15, 0.2) is 0 Å². The minimum atomic E-state index is 0.417. The van der Waals surface area contributed by atoms with Gasteiger partial charge in [-0.05, 0) is 60.9 Å². The van der Waals surface area contributed by atoms with Crippen molar-refractivity contribution in [3.05, 3.63) is 62.9 Å². The number of halogens is 2. The number of nitrogens with one attached hydrogen (secondary N) is 1. The van der Waals surface area contributed by atoms with Gasteiger partial charge >= 0.3 is 0 Å². The first kappa shape index (κ1) is 15.6. The molecule has 0 amide bonds. The van der Waals surface area contributed by atoms with Crippen molar-refractivity contribution >= 4 is 45.9 Å². The molecule has 2 aromatic carbocycles. The van der Waals surface area contributed by atoms with Crippen molar-refractivity contribution in [1.29, 1.82) is 5.26 Å². The maximum absolute atomic E-state index is 9.47. The fourth-order valence-electron chi connectivity index (χ4n) is 2.32. The number of imidazole rings is 1. The first-order valence-corrected chi connectivity index (χ1v) is 7.77. The highest BCUT2D eigenvalue weighted by molar-refractivity contribution is 6.35. The van der Waals surface area contributed by atoms with Gasteiger partial charge in [0.2, 0.25) is 0 Å². The molecular formula is C18H13Cl2N3. The number of rotatable bonds is 2. The van der Waals surface area contributed by atoms with Gasteiger partial charge in [-0.3, -0.25) is 0 Å². The van der Waals surface area contributed by atoms with E-state index in [0.717, 1.165) is 16.6 Å². The van der Waals surface area contributed by atoms with E-state index in [0.29, 0.717) is 21.4 Å². The third kappa shape index (κ3) is 3.10. The number of fused-ring (bicyclic) bond motifs is 1. The monoisotopic (exact) mass is 341 g/mol. The normalized spacial score (nSPS) is 11.7. The molecule has 0 bridgehead atoms. The summed E-state index contributed by atoms with van der Waals surface area (Å²) in [5.74, 6) is 0.526. The van der Waals surface area contributed by atoms with E-state index in [4.69, 9.17) is 23.2 Å². The Bertz CT molecular complexity index is 939. The standard InChI is InChI=1S/C18H13Cl2N3/c1-10-5-16-17(6-11(10)2)23-18(22-16)13(9-21)7-12-3-4-14(19)8-15(12)20/h3-8H,1-2H3,(H,22,23)/b13-7+. The van der Waals surface area contributed by atoms with E-state index in [2.05, 4.69) is 16.0 Å². The maximum atomic E-state index is 9.47. The number of benzene rings is 2. The zero-order valence-corrected chi connectivity index (χ0v) is 14.1. The van der Waals surface area contributed by atoms with Crippen molar-refractivity contribution in [3.63, 3.8) is 0 Å². The van der Waals surface area contributed by atoms with Gasteiger partial charge in [0.25, 0.3) is 0 Å². The third-order valence-electron chi connectivity index (χ3n) is 3.74. The summed E-state index contributed by atoms with van der Waals surface area (Å²) in [6.45, 7) is 4.08. The molecule has 0 fully saturated rings. The molecule has 23 heavy (non-hydrogen) atoms. The summed E-state index contributed by atoms with van der Waals surface area (Å²) in [7, 11) is 0. The van der Waals surface area contributed by atoms with Gasteiger partial charge in [-0.1, -0.05) is 29.3 Å². The summed E-state index contributed by atoms with van der Waals surface area (Å²) >= 11 is 12.1. The predicted octanol–water partition coefficient (Wildman–Crippen LogP) is 5.55. The van der Waals surface area contributed by atoms with Crippen LogP contribution >= 0.6 is 23.2 Å². The van der Waals surface area contributed by atoms with Crippen LogP contribution in [0.25, 0.3) is 22.7 Å². The van der Waals surface area contributed by atoms with E-state index < -0.39 is 0 Å². The first-order chi connectivity index (χ1) is 11.0. The van der Waals surface area contributed by atoms with E-state index in [1.54, 1.807) is 24.3 Å². The summed E-state index contributed by atoms with van der Waals surface area (Å²) < 4.78 is 0. The molecule has 114 valence electrons. The highest BCUT2D eigenvalue weighted by atomic mass is 35.5. The SMILES string of the molecule is Cc1cc2nc(/C(C#N)=C/c3ccc(Cl)cc3Cl)[nH]c2cc1C. The Labute approximate surface area is 144 Å². The van der Waals surface area contributed by atoms with E-state index in [-0.39, 0.29) is 0 Å². The Morgan fingerprint density at radius 2 is 1.91 bits per heavy atom. The Morgan fingerprint density at radius 1 is 1.17 bits per heavy atom. The number of hydrogen-bond acceptors (Lipinski definition) is 2. The first-order valence-electron chi connectivity index (χ1n) is 7.02. The number of nitriles is 1. The molecule has 1 N–H and O–H groups in total. The van der Waals surface area contributed by atoms with Crippen molar-refractivity contribution in [2.75, 3.05) is 0 Å². The Morgan fingerprint density at radius 3 is 2.61 bits per heavy atom. The summed E-state index contributed by atoms with van der Waals surface area (Å²) in [6.07, 6.45) is 1.70. The highest BCUT2D eigenvalue weighted by Crippen LogP contribution is 2.26. The molecule has 0 aliphatic rings. The van der Waals surface area contributed by atoms with Crippen molar-refractivity contribution in [3.8, 4) is 6.07 Å². The molecule has 0 aliphatic carbocycles. The van der Waals surface area contributed by atoms with Crippen LogP contribution < -0.4 is 0 Å². The van der Waals surface area contributed by atoms with Gasteiger partial charge < -0.3 is 4.98 Å². The summed E-state index contributed by atoms with van der Waals surface area (Å²) in [4.78, 5) is 7.71. The van der Waals surface area contributed by atoms with E-state index in [1.807, 2.05) is 26.0 Å². The van der Waals surface area contributed by atoms with E-state index >= 15 is 0 Å². The van der Waals surface area contributed by atoms with Crippen molar-refractivity contribution in [2.24, 2.45) is 0 Å². The van der Waals surface area contributed by atoms with Crippen LogP contribution in [0.4, 0.5) is 0 Å². The Balaban J connectivity index is 2.11. The van der Waals surface area contributed by atoms with Gasteiger partial charge in [0.1, 0.15) is 11.9 Å². The lowest BCUT2D eigenvalue weighted by Crippen LogP contribution is -1.85. The van der Waals surface area contributed by atoms with Crippen LogP contribution in [-0.2, 0) is 0 Å². The molecule has 0 saturated heterocycles. The molecule has 1 aromatic heterocycles. The van der Waals surface area contributed by atoms with Crippen LogP contribution in [0, 0.1) is 25.2 Å². The number of allylic oxidation sites excluding steroid dienone is 1. The largest absolute Gasteiger partial charge is 0.337 e. The molecule has 1 heterocycles. The molecule has 3 nitrogen and oxygen atoms in total. The molecule has 0 unspecified atom stereocenters. The lowest BCUT2D eigenvalue weighted by Gasteiger charge is -2.00. The minimum absolute atomic E-state index is 0.417. The van der Waals surface area contributed by atoms with Gasteiger partial charge in [0.05, 0.1) is 16.6 Å². The second-order valence-electron chi connectivity index (χ2n) is 5.37. The molecule has 0 saturated carbocycles. The fraction of sp³-hybridized carbons (Fsp3) is 0.111. The molecule has 3 rings (SSSR count). The second kappa shape index (κ2) is 6.08. The van der Waals surface area contributed by atoms with Gasteiger partial charge in [-0.2, -0.15) is 5.26 Å². The van der Waals surface area contributed by atoms with Crippen LogP contribution in [0.1, 0.15) is 22.5 Å². The molecule has 3 aromatic rings. The van der Waals surface area contributed by atoms with Gasteiger partial charge in [-0.15, -0.1) is 0 Å². The molecule has 5 heteroatoms. The quantitative estimate of drug-likeness (QED) is 0.621. The molecule has 0 spiro atoms. The van der Waals surface area contributed by atoms with Gasteiger partial charge in [0, 0.05) is 10.0 Å². The summed E-state index contributed by atoms with van der Waals surface area (Å²) in [5.41, 5.74) is 5.23. The van der Waals surface area contributed by atoms with Crippen LogP contribution in [0.5, 0.6) is 0 Å². The number of nitrogens with zero attached hydrogens (tertiary/aromatic N) is 2. The topological polar surface area (TPSA) is 52.5 Å². The predicted molar refractivity (Wildman–Crippen MR) is 95.5 cm³/mol. The zero-order chi connectivity index (χ0) is 16.6. The number of H-pyrrole nitrogens is 1. The smallest absolute Gasteiger partial charge is 0.149 e. The number of hydrogen-bond donors (Lipinski definition) is 1. The number of aryl methyl sites for hydroxylation is 2. The average molecular weight is 342 g/mol. The van der Waals surface area contributed by atoms with Crippen LogP contribution in [0.2, 0.25) is 10.0 Å². The lowest BCUT2D eigenvalue weighted by molar-refractivity contribution is 1.27. The Kier molecular flexibility index (Phi) is 4.12. The summed E-state index contributed by atoms with van der Waals surface area (Å²) in [6, 6.07) is 11.4. The zero-order valence-electron chi connectivity index (χ0n) is 12.6. The highest BCUT2D eigenvalue weighted by Gasteiger charge is 2.10. The molecule has 0 atom stereocenters. The average Bonchev–Trinajstić information content (AvgIpc) is 2.89. The van der Waals surface area contributed by atoms with Crippen LogP contribution in [0.3, 0.4) is 0 Å². The Hall–Kier alpha value is -2.28. The number of aromatic amines is 1. The van der Waals surface area contributed by atoms with Crippen molar-refractivity contribution in [2.45, 2.75) is 13.8 Å². The van der Waals surface area contributed by atoms with Crippen LogP contribution in [0.15, 0.2) is 30.3 Å². The second-order valence-corrected chi connectivity index (χ2v) is 6.22.